The molecule has 1 unspecified atom stereocenters. The lowest BCUT2D eigenvalue weighted by molar-refractivity contribution is -0.256. The molecule has 0 aliphatic heterocycles. The third kappa shape index (κ3) is 4.97. The number of nitrogens with zero attached hydrogens (tertiary/aromatic N) is 4. The maximum atomic E-state index is 14.4. The second-order valence-corrected chi connectivity index (χ2v) is 7.67. The van der Waals surface area contributed by atoms with Gasteiger partial charge in [-0.15, -0.1) is 0 Å². The Balaban J connectivity index is 1.73. The maximum Gasteiger partial charge on any atom is 0.429 e. The Kier molecular flexibility index (Phi) is 6.89. The van der Waals surface area contributed by atoms with E-state index in [1.54, 1.807) is 6.07 Å². The van der Waals surface area contributed by atoms with E-state index < -0.39 is 41.7 Å². The molecule has 3 aromatic heterocycles. The van der Waals surface area contributed by atoms with E-state index in [4.69, 9.17) is 4.52 Å². The van der Waals surface area contributed by atoms with E-state index in [0.29, 0.717) is 30.3 Å². The lowest BCUT2D eigenvalue weighted by atomic mass is 10.0. The van der Waals surface area contributed by atoms with Gasteiger partial charge in [-0.3, -0.25) is 5.10 Å². The highest BCUT2D eigenvalue weighted by Gasteiger charge is 2.60. The van der Waals surface area contributed by atoms with Crippen LogP contribution < -0.4 is 5.32 Å². The van der Waals surface area contributed by atoms with Crippen molar-refractivity contribution in [1.82, 2.24) is 25.3 Å². The van der Waals surface area contributed by atoms with Crippen LogP contribution in [0.1, 0.15) is 11.1 Å². The molecule has 15 heteroatoms. The summed E-state index contributed by atoms with van der Waals surface area (Å²) in [6.45, 7) is -1.51. The zero-order valence-corrected chi connectivity index (χ0v) is 18.8. The van der Waals surface area contributed by atoms with E-state index in [9.17, 15) is 31.9 Å². The van der Waals surface area contributed by atoms with E-state index in [0.717, 1.165) is 0 Å². The van der Waals surface area contributed by atoms with E-state index >= 15 is 0 Å². The maximum absolute atomic E-state index is 14.4. The predicted octanol–water partition coefficient (Wildman–Crippen LogP) is 3.27. The summed E-state index contributed by atoms with van der Waals surface area (Å²) in [4.78, 5) is 19.4. The molecular formula is C22H17F5N6O4. The number of nitrogens with one attached hydrogen (secondary N) is 2. The summed E-state index contributed by atoms with van der Waals surface area (Å²) in [6.07, 6.45) is -3.53. The minimum Gasteiger partial charge on any atom is -0.467 e. The molecule has 0 aliphatic rings. The van der Waals surface area contributed by atoms with Crippen LogP contribution in [0, 0.1) is 11.6 Å². The molecule has 0 fully saturated rings. The number of aliphatic hydroxyl groups is 1. The Morgan fingerprint density at radius 3 is 2.59 bits per heavy atom. The minimum atomic E-state index is -5.44. The molecule has 0 spiro atoms. The highest BCUT2D eigenvalue weighted by Crippen LogP contribution is 2.33. The monoisotopic (exact) mass is 524 g/mol. The third-order valence-corrected chi connectivity index (χ3v) is 5.35. The second-order valence-electron chi connectivity index (χ2n) is 7.67. The van der Waals surface area contributed by atoms with Crippen molar-refractivity contribution in [3.8, 4) is 22.9 Å². The molecule has 0 radical (unpaired) electrons. The molecule has 1 atom stereocenters. The van der Waals surface area contributed by atoms with Crippen molar-refractivity contribution in [2.75, 3.05) is 19.0 Å². The first-order valence-corrected chi connectivity index (χ1v) is 10.4. The number of anilines is 1. The van der Waals surface area contributed by atoms with Crippen molar-refractivity contribution < 1.29 is 41.1 Å². The second kappa shape index (κ2) is 9.93. The molecule has 4 aromatic rings. The molecule has 10 nitrogen and oxygen atoms in total. The first kappa shape index (κ1) is 25.7. The molecule has 4 rings (SSSR count). The summed E-state index contributed by atoms with van der Waals surface area (Å²) in [5.41, 5.74) is -2.75. The van der Waals surface area contributed by atoms with Gasteiger partial charge >= 0.3 is 12.1 Å². The summed E-state index contributed by atoms with van der Waals surface area (Å²) < 4.78 is 77.7. The lowest BCUT2D eigenvalue weighted by Gasteiger charge is -2.27. The van der Waals surface area contributed by atoms with Gasteiger partial charge < -0.3 is 19.7 Å². The summed E-state index contributed by atoms with van der Waals surface area (Å²) in [7, 11) is 0.656. The van der Waals surface area contributed by atoms with Gasteiger partial charge in [-0.05, 0) is 11.6 Å². The zero-order chi connectivity index (χ0) is 26.8. The number of benzene rings is 1. The Morgan fingerprint density at radius 1 is 1.19 bits per heavy atom. The summed E-state index contributed by atoms with van der Waals surface area (Å²) in [5.74, 6) is -4.72. The van der Waals surface area contributed by atoms with Gasteiger partial charge in [0, 0.05) is 18.1 Å². The molecule has 0 aliphatic carbocycles. The summed E-state index contributed by atoms with van der Waals surface area (Å²) in [5, 5.41) is 22.5. The van der Waals surface area contributed by atoms with Crippen molar-refractivity contribution >= 4 is 11.8 Å². The Hall–Kier alpha value is -4.40. The molecule has 37 heavy (non-hydrogen) atoms. The van der Waals surface area contributed by atoms with Crippen LogP contribution in [0.2, 0.25) is 0 Å². The zero-order valence-electron chi connectivity index (χ0n) is 18.8. The fraction of sp³-hybridized carbons (Fsp3) is 0.227. The van der Waals surface area contributed by atoms with Crippen molar-refractivity contribution in [2.24, 2.45) is 0 Å². The molecule has 0 saturated carbocycles. The first-order chi connectivity index (χ1) is 17.5. The van der Waals surface area contributed by atoms with Gasteiger partial charge in [-0.2, -0.15) is 18.3 Å². The molecule has 3 N–H and O–H groups in total. The molecule has 0 saturated heterocycles. The SMILES string of the molecule is COC(=O)C(O)(CNc1nc(-c2n[nH]c(-c3ccon3)c2Cc2ccccc2F)ncc1F)C(F)(F)F. The number of carbonyl (C=O) groups is 1. The number of esters is 1. The molecule has 0 amide bonds. The van der Waals surface area contributed by atoms with Gasteiger partial charge in [0.15, 0.2) is 17.5 Å². The van der Waals surface area contributed by atoms with Gasteiger partial charge in [-0.1, -0.05) is 23.4 Å². The summed E-state index contributed by atoms with van der Waals surface area (Å²) >= 11 is 0. The third-order valence-electron chi connectivity index (χ3n) is 5.35. The van der Waals surface area contributed by atoms with E-state index in [2.05, 4.69) is 30.1 Å². The number of rotatable bonds is 8. The van der Waals surface area contributed by atoms with Crippen LogP contribution in [0.15, 0.2) is 47.3 Å². The number of H-pyrrole nitrogens is 1. The Morgan fingerprint density at radius 2 is 1.95 bits per heavy atom. The fourth-order valence-corrected chi connectivity index (χ4v) is 3.38. The average molecular weight is 524 g/mol. The van der Waals surface area contributed by atoms with Crippen molar-refractivity contribution in [2.45, 2.75) is 18.2 Å². The first-order valence-electron chi connectivity index (χ1n) is 10.4. The van der Waals surface area contributed by atoms with Crippen LogP contribution in [0.4, 0.5) is 27.8 Å². The predicted molar refractivity (Wildman–Crippen MR) is 116 cm³/mol. The van der Waals surface area contributed by atoms with Gasteiger partial charge in [-0.25, -0.2) is 23.5 Å². The number of ether oxygens (including phenoxy) is 1. The smallest absolute Gasteiger partial charge is 0.429 e. The van der Waals surface area contributed by atoms with Crippen LogP contribution in [0.5, 0.6) is 0 Å². The number of halogens is 5. The molecule has 194 valence electrons. The molecule has 3 heterocycles. The topological polar surface area (TPSA) is 139 Å². The van der Waals surface area contributed by atoms with Gasteiger partial charge in [0.25, 0.3) is 5.60 Å². The highest BCUT2D eigenvalue weighted by molar-refractivity contribution is 5.81. The normalized spacial score (nSPS) is 13.3. The summed E-state index contributed by atoms with van der Waals surface area (Å²) in [6, 6.07) is 7.41. The minimum absolute atomic E-state index is 0.0170. The van der Waals surface area contributed by atoms with Gasteiger partial charge in [0.05, 0.1) is 25.5 Å². The van der Waals surface area contributed by atoms with Crippen molar-refractivity contribution in [3.05, 3.63) is 65.6 Å². The molecular weight excluding hydrogens is 507 g/mol. The number of alkyl halides is 3. The standard InChI is InChI=1S/C22H17F5N6O4/c1-36-20(34)21(35,22(25,26)27)10-29-18-14(24)9-28-19(30-18)17-12(8-11-4-2-3-5-13(11)23)16(31-32-17)15-6-7-37-33-15/h2-7,9,35H,8,10H2,1H3,(H,31,32)(H,28,29,30). The van der Waals surface area contributed by atoms with Crippen LogP contribution in [-0.2, 0) is 16.0 Å². The number of hydrogen-bond acceptors (Lipinski definition) is 9. The van der Waals surface area contributed by atoms with Crippen LogP contribution in [0.3, 0.4) is 0 Å². The largest absolute Gasteiger partial charge is 0.467 e. The highest BCUT2D eigenvalue weighted by atomic mass is 19.4. The molecule has 0 bridgehead atoms. The Labute approximate surface area is 204 Å². The number of methoxy groups -OCH3 is 1. The van der Waals surface area contributed by atoms with Gasteiger partial charge in [0.1, 0.15) is 23.5 Å². The number of aromatic amines is 1. The van der Waals surface area contributed by atoms with Crippen molar-refractivity contribution in [3.63, 3.8) is 0 Å². The van der Waals surface area contributed by atoms with Crippen LogP contribution >= 0.6 is 0 Å². The van der Waals surface area contributed by atoms with E-state index in [-0.39, 0.29) is 23.5 Å². The molecule has 1 aromatic carbocycles. The fourth-order valence-electron chi connectivity index (χ4n) is 3.38. The van der Waals surface area contributed by atoms with Crippen LogP contribution in [-0.4, -0.2) is 61.8 Å². The van der Waals surface area contributed by atoms with E-state index in [1.165, 1.54) is 30.5 Å². The number of carbonyl (C=O) groups excluding carboxylic acids is 1. The van der Waals surface area contributed by atoms with Gasteiger partial charge in [0.2, 0.25) is 0 Å². The van der Waals surface area contributed by atoms with Crippen LogP contribution in [0.25, 0.3) is 22.9 Å². The van der Waals surface area contributed by atoms with E-state index in [1.807, 2.05) is 5.32 Å². The lowest BCUT2D eigenvalue weighted by Crippen LogP contribution is -2.57. The quantitative estimate of drug-likeness (QED) is 0.234. The Bertz CT molecular complexity index is 1410. The number of aromatic nitrogens is 5. The number of hydrogen-bond donors (Lipinski definition) is 3. The average Bonchev–Trinajstić information content (AvgIpc) is 3.53. The van der Waals surface area contributed by atoms with Crippen molar-refractivity contribution in [1.29, 1.82) is 0 Å².